The molecule has 0 aromatic heterocycles. The van der Waals surface area contributed by atoms with E-state index in [1.54, 1.807) is 0 Å². The zero-order chi connectivity index (χ0) is 15.6. The first-order chi connectivity index (χ1) is 9.12. The van der Waals surface area contributed by atoms with Crippen LogP contribution in [0.25, 0.3) is 0 Å². The van der Waals surface area contributed by atoms with E-state index in [0.29, 0.717) is 19.1 Å². The molecule has 3 N–H and O–H groups in total. The minimum atomic E-state index is -0.314. The van der Waals surface area contributed by atoms with Crippen molar-refractivity contribution in [1.29, 1.82) is 0 Å². The van der Waals surface area contributed by atoms with E-state index in [0.717, 1.165) is 12.8 Å². The normalized spacial score (nSPS) is 30.1. The number of hydrogen-bond donors (Lipinski definition) is 2. The van der Waals surface area contributed by atoms with Crippen LogP contribution < -0.4 is 11.1 Å². The first-order valence-electron chi connectivity index (χ1n) is 7.79. The molecule has 0 bridgehead atoms. The second-order valence-electron chi connectivity index (χ2n) is 7.31. The van der Waals surface area contributed by atoms with E-state index in [4.69, 9.17) is 10.5 Å². The topological polar surface area (TPSA) is 64.3 Å². The number of amides is 1. The van der Waals surface area contributed by atoms with Gasteiger partial charge in [-0.05, 0) is 44.9 Å². The predicted octanol–water partition coefficient (Wildman–Crippen LogP) is 2.32. The Hall–Kier alpha value is -0.610. The highest BCUT2D eigenvalue weighted by Crippen LogP contribution is 2.44. The summed E-state index contributed by atoms with van der Waals surface area (Å²) in [6.45, 7) is 13.7. The minimum absolute atomic E-state index is 0.0368. The summed E-state index contributed by atoms with van der Waals surface area (Å²) in [6.07, 6.45) is 1.80. The monoisotopic (exact) mass is 284 g/mol. The maximum atomic E-state index is 12.5. The van der Waals surface area contributed by atoms with Crippen molar-refractivity contribution in [2.24, 2.45) is 23.0 Å². The smallest absolute Gasteiger partial charge is 0.223 e. The third-order valence-corrected chi connectivity index (χ3v) is 5.04. The summed E-state index contributed by atoms with van der Waals surface area (Å²) in [7, 11) is 0. The van der Waals surface area contributed by atoms with Crippen LogP contribution in [-0.4, -0.2) is 30.7 Å². The van der Waals surface area contributed by atoms with Gasteiger partial charge in [0.05, 0.1) is 5.60 Å². The minimum Gasteiger partial charge on any atom is -0.374 e. The van der Waals surface area contributed by atoms with Crippen molar-refractivity contribution >= 4 is 5.91 Å². The van der Waals surface area contributed by atoms with Gasteiger partial charge in [0.1, 0.15) is 0 Å². The van der Waals surface area contributed by atoms with Crippen LogP contribution in [0, 0.1) is 17.3 Å². The van der Waals surface area contributed by atoms with E-state index < -0.39 is 0 Å². The number of nitrogens with two attached hydrogens (primary N) is 1. The summed E-state index contributed by atoms with van der Waals surface area (Å²) < 4.78 is 5.62. The molecule has 3 unspecified atom stereocenters. The lowest BCUT2D eigenvalue weighted by Crippen LogP contribution is -2.53. The Labute approximate surface area is 123 Å². The van der Waals surface area contributed by atoms with Crippen LogP contribution in [0.15, 0.2) is 0 Å². The summed E-state index contributed by atoms with van der Waals surface area (Å²) in [5, 5.41) is 3.06. The Balaban J connectivity index is 2.63. The molecule has 0 spiro atoms. The Kier molecular flexibility index (Phi) is 5.61. The van der Waals surface area contributed by atoms with Crippen molar-refractivity contribution in [3.63, 3.8) is 0 Å². The molecule has 1 fully saturated rings. The van der Waals surface area contributed by atoms with Gasteiger partial charge in [-0.3, -0.25) is 4.79 Å². The average molecular weight is 284 g/mol. The second-order valence-corrected chi connectivity index (χ2v) is 7.31. The lowest BCUT2D eigenvalue weighted by atomic mass is 9.61. The molecule has 1 aliphatic carbocycles. The summed E-state index contributed by atoms with van der Waals surface area (Å²) in [5.74, 6) is 0.531. The van der Waals surface area contributed by atoms with Crippen LogP contribution in [0.1, 0.15) is 54.4 Å². The molecule has 4 heteroatoms. The van der Waals surface area contributed by atoms with Gasteiger partial charge in [-0.25, -0.2) is 0 Å². The van der Waals surface area contributed by atoms with Crippen molar-refractivity contribution in [2.45, 2.75) is 66.0 Å². The molecular weight excluding hydrogens is 252 g/mol. The van der Waals surface area contributed by atoms with E-state index in [-0.39, 0.29) is 28.9 Å². The third kappa shape index (κ3) is 3.95. The molecule has 1 amide bonds. The predicted molar refractivity (Wildman–Crippen MR) is 82.4 cm³/mol. The van der Waals surface area contributed by atoms with Gasteiger partial charge in [0.15, 0.2) is 0 Å². The molecule has 3 atom stereocenters. The molecule has 20 heavy (non-hydrogen) atoms. The van der Waals surface area contributed by atoms with Crippen molar-refractivity contribution in [3.05, 3.63) is 0 Å². The Morgan fingerprint density at radius 3 is 2.55 bits per heavy atom. The lowest BCUT2D eigenvalue weighted by molar-refractivity contribution is -0.134. The summed E-state index contributed by atoms with van der Waals surface area (Å²) >= 11 is 0. The van der Waals surface area contributed by atoms with E-state index in [1.807, 2.05) is 20.8 Å². The quantitative estimate of drug-likeness (QED) is 0.814. The molecule has 118 valence electrons. The van der Waals surface area contributed by atoms with Crippen molar-refractivity contribution < 1.29 is 9.53 Å². The molecule has 0 aromatic rings. The molecule has 0 radical (unpaired) electrons. The SMILES string of the molecule is CCOC(C)(C)CNC(=O)C1CCC(N)C(C)C1(C)C. The van der Waals surface area contributed by atoms with Gasteiger partial charge in [-0.2, -0.15) is 0 Å². The molecule has 1 aliphatic rings. The molecule has 0 saturated heterocycles. The fourth-order valence-corrected chi connectivity index (χ4v) is 3.18. The molecule has 0 aromatic carbocycles. The second kappa shape index (κ2) is 6.44. The van der Waals surface area contributed by atoms with Crippen LogP contribution in [0.5, 0.6) is 0 Å². The molecule has 1 saturated carbocycles. The maximum absolute atomic E-state index is 12.5. The third-order valence-electron chi connectivity index (χ3n) is 5.04. The first kappa shape index (κ1) is 17.4. The van der Waals surface area contributed by atoms with E-state index >= 15 is 0 Å². The number of rotatable bonds is 5. The Bertz CT molecular complexity index is 339. The van der Waals surface area contributed by atoms with E-state index in [2.05, 4.69) is 26.1 Å². The zero-order valence-corrected chi connectivity index (χ0v) is 14.0. The van der Waals surface area contributed by atoms with Crippen LogP contribution in [-0.2, 0) is 9.53 Å². The van der Waals surface area contributed by atoms with Crippen LogP contribution in [0.2, 0.25) is 0 Å². The number of carbonyl (C=O) groups excluding carboxylic acids is 1. The summed E-state index contributed by atoms with van der Waals surface area (Å²) in [4.78, 5) is 12.5. The fraction of sp³-hybridized carbons (Fsp3) is 0.938. The number of nitrogens with one attached hydrogen (secondary N) is 1. The lowest BCUT2D eigenvalue weighted by Gasteiger charge is -2.46. The highest BCUT2D eigenvalue weighted by molar-refractivity contribution is 5.79. The van der Waals surface area contributed by atoms with E-state index in [9.17, 15) is 4.79 Å². The van der Waals surface area contributed by atoms with Gasteiger partial charge < -0.3 is 15.8 Å². The fourth-order valence-electron chi connectivity index (χ4n) is 3.18. The summed E-state index contributed by atoms with van der Waals surface area (Å²) in [6, 6.07) is 0.203. The van der Waals surface area contributed by atoms with Gasteiger partial charge in [0, 0.05) is 25.1 Å². The summed E-state index contributed by atoms with van der Waals surface area (Å²) in [5.41, 5.74) is 5.78. The average Bonchev–Trinajstić information content (AvgIpc) is 2.33. The van der Waals surface area contributed by atoms with E-state index in [1.165, 1.54) is 0 Å². The van der Waals surface area contributed by atoms with Crippen LogP contribution in [0.4, 0.5) is 0 Å². The molecule has 0 heterocycles. The van der Waals surface area contributed by atoms with Crippen molar-refractivity contribution in [1.82, 2.24) is 5.32 Å². The molecule has 4 nitrogen and oxygen atoms in total. The van der Waals surface area contributed by atoms with Gasteiger partial charge in [0.2, 0.25) is 5.91 Å². The standard InChI is InChI=1S/C16H32N2O2/c1-7-20-15(3,4)10-18-14(19)12-8-9-13(17)11(2)16(12,5)6/h11-13H,7-10,17H2,1-6H3,(H,18,19). The van der Waals surface area contributed by atoms with Gasteiger partial charge in [0.25, 0.3) is 0 Å². The van der Waals surface area contributed by atoms with Gasteiger partial charge in [-0.1, -0.05) is 20.8 Å². The number of hydrogen-bond acceptors (Lipinski definition) is 3. The maximum Gasteiger partial charge on any atom is 0.223 e. The van der Waals surface area contributed by atoms with Crippen molar-refractivity contribution in [2.75, 3.05) is 13.2 Å². The number of carbonyl (C=O) groups is 1. The van der Waals surface area contributed by atoms with Crippen molar-refractivity contribution in [3.8, 4) is 0 Å². The van der Waals surface area contributed by atoms with Gasteiger partial charge >= 0.3 is 0 Å². The molecule has 1 rings (SSSR count). The highest BCUT2D eigenvalue weighted by Gasteiger charge is 2.45. The zero-order valence-electron chi connectivity index (χ0n) is 14.0. The first-order valence-corrected chi connectivity index (χ1v) is 7.79. The largest absolute Gasteiger partial charge is 0.374 e. The van der Waals surface area contributed by atoms with Gasteiger partial charge in [-0.15, -0.1) is 0 Å². The molecule has 0 aliphatic heterocycles. The Morgan fingerprint density at radius 1 is 1.40 bits per heavy atom. The van der Waals surface area contributed by atoms with Crippen LogP contribution in [0.3, 0.4) is 0 Å². The Morgan fingerprint density at radius 2 is 2.00 bits per heavy atom. The molecular formula is C16H32N2O2. The number of ether oxygens (including phenoxy) is 1. The highest BCUT2D eigenvalue weighted by atomic mass is 16.5. The van der Waals surface area contributed by atoms with Crippen LogP contribution >= 0.6 is 0 Å².